The van der Waals surface area contributed by atoms with Gasteiger partial charge in [-0.3, -0.25) is 10.1 Å². The Kier molecular flexibility index (Phi) is 6.59. The van der Waals surface area contributed by atoms with Crippen LogP contribution >= 0.6 is 0 Å². The van der Waals surface area contributed by atoms with Crippen molar-refractivity contribution in [2.75, 3.05) is 6.26 Å². The van der Waals surface area contributed by atoms with E-state index in [4.69, 9.17) is 4.74 Å². The Morgan fingerprint density at radius 1 is 1.19 bits per heavy atom. The van der Waals surface area contributed by atoms with Crippen molar-refractivity contribution in [3.63, 3.8) is 0 Å². The lowest BCUT2D eigenvalue weighted by atomic mass is 10.1. The van der Waals surface area contributed by atoms with Gasteiger partial charge in [-0.2, -0.15) is 0 Å². The maximum Gasteiger partial charge on any atom is 0.339 e. The zero-order chi connectivity index (χ0) is 20.2. The Balaban J connectivity index is 1.98. The molecule has 0 radical (unpaired) electrons. The van der Waals surface area contributed by atoms with E-state index >= 15 is 0 Å². The number of hydrogen-bond donors (Lipinski definition) is 2. The van der Waals surface area contributed by atoms with Crippen LogP contribution < -0.4 is 10.6 Å². The van der Waals surface area contributed by atoms with Gasteiger partial charge in [0, 0.05) is 12.3 Å². The summed E-state index contributed by atoms with van der Waals surface area (Å²) in [5, 5.41) is 4.86. The molecule has 1 aromatic carbocycles. The molecule has 0 bridgehead atoms. The summed E-state index contributed by atoms with van der Waals surface area (Å²) in [5.74, 6) is -1.59. The van der Waals surface area contributed by atoms with Crippen molar-refractivity contribution in [2.24, 2.45) is 0 Å². The van der Waals surface area contributed by atoms with E-state index in [1.165, 1.54) is 25.1 Å². The lowest BCUT2D eigenvalue weighted by Gasteiger charge is -2.16. The zero-order valence-corrected chi connectivity index (χ0v) is 16.4. The number of esters is 1. The molecule has 2 rings (SSSR count). The van der Waals surface area contributed by atoms with Gasteiger partial charge in [0.1, 0.15) is 0 Å². The van der Waals surface area contributed by atoms with E-state index in [1.54, 1.807) is 6.92 Å². The number of nitrogens with one attached hydrogen (secondary N) is 2. The lowest BCUT2D eigenvalue weighted by molar-refractivity contribution is -0.127. The summed E-state index contributed by atoms with van der Waals surface area (Å²) in [6.07, 6.45) is 3.65. The molecule has 1 fully saturated rings. The second-order valence-electron chi connectivity index (χ2n) is 6.74. The molecule has 1 aliphatic carbocycles. The predicted octanol–water partition coefficient (Wildman–Crippen LogP) is 1.71. The third-order valence-electron chi connectivity index (χ3n) is 4.44. The number of sulfone groups is 1. The van der Waals surface area contributed by atoms with E-state index in [0.29, 0.717) is 5.56 Å². The number of aryl methyl sites for hydroxylation is 1. The minimum Gasteiger partial charge on any atom is -0.449 e. The highest BCUT2D eigenvalue weighted by Crippen LogP contribution is 2.18. The number of benzene rings is 1. The van der Waals surface area contributed by atoms with Gasteiger partial charge in [0.05, 0.1) is 10.5 Å². The van der Waals surface area contributed by atoms with Crippen molar-refractivity contribution in [3.05, 3.63) is 29.3 Å². The van der Waals surface area contributed by atoms with Gasteiger partial charge in [-0.05, 0) is 44.4 Å². The zero-order valence-electron chi connectivity index (χ0n) is 15.6. The van der Waals surface area contributed by atoms with E-state index in [9.17, 15) is 22.8 Å². The number of amides is 3. The number of imide groups is 1. The van der Waals surface area contributed by atoms with Gasteiger partial charge in [-0.1, -0.05) is 18.9 Å². The monoisotopic (exact) mass is 396 g/mol. The van der Waals surface area contributed by atoms with Gasteiger partial charge in [0.25, 0.3) is 5.91 Å². The first-order chi connectivity index (χ1) is 12.6. The fraction of sp³-hybridized carbons (Fsp3) is 0.500. The second-order valence-corrected chi connectivity index (χ2v) is 8.76. The minimum atomic E-state index is -3.49. The number of rotatable bonds is 5. The number of carbonyl (C=O) groups is 3. The van der Waals surface area contributed by atoms with Crippen LogP contribution in [-0.2, 0) is 19.4 Å². The summed E-state index contributed by atoms with van der Waals surface area (Å²) < 4.78 is 28.4. The fourth-order valence-electron chi connectivity index (χ4n) is 2.83. The van der Waals surface area contributed by atoms with Crippen LogP contribution in [0, 0.1) is 6.92 Å². The molecule has 0 aromatic heterocycles. The van der Waals surface area contributed by atoms with Crippen LogP contribution in [-0.4, -0.2) is 44.7 Å². The summed E-state index contributed by atoms with van der Waals surface area (Å²) >= 11 is 0. The first-order valence-corrected chi connectivity index (χ1v) is 10.6. The third kappa shape index (κ3) is 5.78. The van der Waals surface area contributed by atoms with E-state index in [1.807, 2.05) is 0 Å². The molecular weight excluding hydrogens is 372 g/mol. The first-order valence-electron chi connectivity index (χ1n) is 8.71. The standard InChI is InChI=1S/C18H24N2O6S/c1-11-8-9-14(27(3,24)25)10-15(11)17(22)26-12(2)16(21)20-18(23)19-13-6-4-5-7-13/h8-10,12-13H,4-7H2,1-3H3,(H2,19,20,21,23)/t12-/m0/s1. The summed E-state index contributed by atoms with van der Waals surface area (Å²) in [5.41, 5.74) is 0.562. The van der Waals surface area contributed by atoms with Crippen LogP contribution in [0.2, 0.25) is 0 Å². The number of hydrogen-bond acceptors (Lipinski definition) is 6. The molecule has 0 aliphatic heterocycles. The van der Waals surface area contributed by atoms with Crippen molar-refractivity contribution < 1.29 is 27.5 Å². The molecule has 1 aliphatic rings. The van der Waals surface area contributed by atoms with Crippen LogP contribution in [0.25, 0.3) is 0 Å². The highest BCUT2D eigenvalue weighted by Gasteiger charge is 2.24. The quantitative estimate of drug-likeness (QED) is 0.732. The van der Waals surface area contributed by atoms with Crippen LogP contribution in [0.5, 0.6) is 0 Å². The average molecular weight is 396 g/mol. The Hall–Kier alpha value is -2.42. The van der Waals surface area contributed by atoms with Crippen molar-refractivity contribution in [3.8, 4) is 0 Å². The molecule has 8 nitrogen and oxygen atoms in total. The summed E-state index contributed by atoms with van der Waals surface area (Å²) in [6.45, 7) is 2.97. The van der Waals surface area contributed by atoms with Crippen molar-refractivity contribution in [1.29, 1.82) is 0 Å². The lowest BCUT2D eigenvalue weighted by Crippen LogP contribution is -2.47. The number of ether oxygens (including phenoxy) is 1. The van der Waals surface area contributed by atoms with Crippen LogP contribution in [0.4, 0.5) is 4.79 Å². The topological polar surface area (TPSA) is 119 Å². The van der Waals surface area contributed by atoms with E-state index in [-0.39, 0.29) is 16.5 Å². The van der Waals surface area contributed by atoms with Crippen molar-refractivity contribution in [2.45, 2.75) is 56.6 Å². The molecule has 2 N–H and O–H groups in total. The molecule has 0 heterocycles. The highest BCUT2D eigenvalue weighted by atomic mass is 32.2. The molecule has 148 valence electrons. The summed E-state index contributed by atoms with van der Waals surface area (Å²) in [7, 11) is -3.49. The Bertz CT molecular complexity index is 843. The Morgan fingerprint density at radius 2 is 1.81 bits per heavy atom. The largest absolute Gasteiger partial charge is 0.449 e. The maximum absolute atomic E-state index is 12.3. The van der Waals surface area contributed by atoms with Crippen LogP contribution in [0.15, 0.2) is 23.1 Å². The first kappa shape index (κ1) is 20.9. The van der Waals surface area contributed by atoms with Gasteiger partial charge in [-0.15, -0.1) is 0 Å². The molecule has 9 heteroatoms. The molecule has 0 saturated heterocycles. The smallest absolute Gasteiger partial charge is 0.339 e. The normalized spacial score (nSPS) is 15.8. The molecule has 0 spiro atoms. The molecule has 3 amide bonds. The summed E-state index contributed by atoms with van der Waals surface area (Å²) in [6, 6.07) is 3.53. The Labute approximate surface area is 158 Å². The van der Waals surface area contributed by atoms with Crippen LogP contribution in [0.1, 0.15) is 48.5 Å². The highest BCUT2D eigenvalue weighted by molar-refractivity contribution is 7.90. The third-order valence-corrected chi connectivity index (χ3v) is 5.55. The molecular formula is C18H24N2O6S. The Morgan fingerprint density at radius 3 is 2.41 bits per heavy atom. The molecule has 1 saturated carbocycles. The number of urea groups is 1. The predicted molar refractivity (Wildman–Crippen MR) is 98.1 cm³/mol. The minimum absolute atomic E-state index is 0.0203. The number of carbonyl (C=O) groups excluding carboxylic acids is 3. The maximum atomic E-state index is 12.3. The second kappa shape index (κ2) is 8.51. The van der Waals surface area contributed by atoms with Gasteiger partial charge in [0.15, 0.2) is 15.9 Å². The van der Waals surface area contributed by atoms with Crippen LogP contribution in [0.3, 0.4) is 0 Å². The van der Waals surface area contributed by atoms with Gasteiger partial charge in [0.2, 0.25) is 0 Å². The molecule has 0 unspecified atom stereocenters. The summed E-state index contributed by atoms with van der Waals surface area (Å²) in [4.78, 5) is 36.2. The van der Waals surface area contributed by atoms with Crippen molar-refractivity contribution in [1.82, 2.24) is 10.6 Å². The molecule has 27 heavy (non-hydrogen) atoms. The van der Waals surface area contributed by atoms with Gasteiger partial charge < -0.3 is 10.1 Å². The van der Waals surface area contributed by atoms with E-state index < -0.39 is 33.8 Å². The van der Waals surface area contributed by atoms with E-state index in [2.05, 4.69) is 10.6 Å². The van der Waals surface area contributed by atoms with E-state index in [0.717, 1.165) is 31.9 Å². The molecule has 1 atom stereocenters. The fourth-order valence-corrected chi connectivity index (χ4v) is 3.48. The SMILES string of the molecule is Cc1ccc(S(C)(=O)=O)cc1C(=O)O[C@@H](C)C(=O)NC(=O)NC1CCCC1. The van der Waals surface area contributed by atoms with Gasteiger partial charge >= 0.3 is 12.0 Å². The van der Waals surface area contributed by atoms with Gasteiger partial charge in [-0.25, -0.2) is 18.0 Å². The van der Waals surface area contributed by atoms with Crippen molar-refractivity contribution >= 4 is 27.7 Å². The molecule has 1 aromatic rings. The average Bonchev–Trinajstić information content (AvgIpc) is 3.06.